The summed E-state index contributed by atoms with van der Waals surface area (Å²) in [5, 5.41) is 0. The van der Waals surface area contributed by atoms with Crippen LogP contribution in [0, 0.1) is 13.8 Å². The smallest absolute Gasteiger partial charge is 0.265 e. The third-order valence-electron chi connectivity index (χ3n) is 3.36. The number of ether oxygens (including phenoxy) is 2. The maximum Gasteiger partial charge on any atom is 0.265 e. The molecule has 1 aromatic carbocycles. The van der Waals surface area contributed by atoms with Gasteiger partial charge in [0.05, 0.1) is 12.7 Å². The van der Waals surface area contributed by atoms with Crippen molar-refractivity contribution in [3.05, 3.63) is 23.3 Å². The summed E-state index contributed by atoms with van der Waals surface area (Å²) in [5.41, 5.74) is 1.62. The summed E-state index contributed by atoms with van der Waals surface area (Å²) in [4.78, 5) is 0.0454. The molecule has 1 unspecified atom stereocenters. The molecule has 2 rings (SSSR count). The van der Waals surface area contributed by atoms with Gasteiger partial charge in [-0.15, -0.1) is 0 Å². The molecule has 1 atom stereocenters. The van der Waals surface area contributed by atoms with Crippen LogP contribution in [0.2, 0.25) is 0 Å². The van der Waals surface area contributed by atoms with Crippen molar-refractivity contribution in [3.8, 4) is 5.75 Å². The lowest BCUT2D eigenvalue weighted by molar-refractivity contribution is 0.0898. The number of aryl methyl sites for hydroxylation is 2. The molecule has 1 fully saturated rings. The molecule has 0 saturated carbocycles. The highest BCUT2D eigenvalue weighted by Crippen LogP contribution is 2.32. The molecule has 1 heterocycles. The van der Waals surface area contributed by atoms with Crippen LogP contribution < -0.4 is 4.74 Å². The monoisotopic (exact) mass is 318 g/mol. The van der Waals surface area contributed by atoms with Crippen molar-refractivity contribution in [2.75, 3.05) is 13.2 Å². The minimum atomic E-state index is -3.81. The zero-order chi connectivity index (χ0) is 14.8. The van der Waals surface area contributed by atoms with Crippen LogP contribution in [0.4, 0.5) is 0 Å². The van der Waals surface area contributed by atoms with Crippen molar-refractivity contribution in [1.82, 2.24) is 0 Å². The van der Waals surface area contributed by atoms with Crippen molar-refractivity contribution in [2.45, 2.75) is 44.1 Å². The molecule has 0 spiro atoms. The summed E-state index contributed by atoms with van der Waals surface area (Å²) in [6, 6.07) is 3.42. The Bertz CT molecular complexity index is 577. The molecule has 6 heteroatoms. The Labute approximate surface area is 124 Å². The first-order valence-corrected chi connectivity index (χ1v) is 8.99. The average molecular weight is 319 g/mol. The van der Waals surface area contributed by atoms with E-state index in [1.165, 1.54) is 6.07 Å². The van der Waals surface area contributed by atoms with E-state index < -0.39 is 9.05 Å². The third-order valence-corrected chi connectivity index (χ3v) is 4.69. The van der Waals surface area contributed by atoms with Gasteiger partial charge in [-0.25, -0.2) is 8.42 Å². The Morgan fingerprint density at radius 3 is 2.75 bits per heavy atom. The molecule has 20 heavy (non-hydrogen) atoms. The molecule has 1 aliphatic rings. The Morgan fingerprint density at radius 2 is 2.15 bits per heavy atom. The van der Waals surface area contributed by atoms with E-state index >= 15 is 0 Å². The lowest BCUT2D eigenvalue weighted by Gasteiger charge is -2.15. The lowest BCUT2D eigenvalue weighted by Crippen LogP contribution is -2.12. The van der Waals surface area contributed by atoms with Crippen LogP contribution in [0.5, 0.6) is 5.75 Å². The van der Waals surface area contributed by atoms with Crippen molar-refractivity contribution >= 4 is 19.7 Å². The van der Waals surface area contributed by atoms with Crippen LogP contribution in [0.15, 0.2) is 17.0 Å². The molecule has 0 N–H and O–H groups in total. The number of rotatable bonds is 5. The van der Waals surface area contributed by atoms with Gasteiger partial charge in [0.2, 0.25) is 0 Å². The molecule has 1 aromatic rings. The van der Waals surface area contributed by atoms with Gasteiger partial charge in [-0.3, -0.25) is 0 Å². The first-order chi connectivity index (χ1) is 9.38. The molecular weight excluding hydrogens is 300 g/mol. The molecule has 112 valence electrons. The van der Waals surface area contributed by atoms with Crippen LogP contribution in [0.25, 0.3) is 0 Å². The van der Waals surface area contributed by atoms with E-state index in [0.717, 1.165) is 37.0 Å². The van der Waals surface area contributed by atoms with Crippen LogP contribution in [0.1, 0.15) is 30.4 Å². The summed E-state index contributed by atoms with van der Waals surface area (Å²) in [7, 11) is 1.67. The zero-order valence-electron chi connectivity index (χ0n) is 11.7. The van der Waals surface area contributed by atoms with Gasteiger partial charge in [0.1, 0.15) is 10.6 Å². The molecule has 1 saturated heterocycles. The number of hydrogen-bond acceptors (Lipinski definition) is 4. The molecule has 0 amide bonds. The fourth-order valence-electron chi connectivity index (χ4n) is 2.45. The summed E-state index contributed by atoms with van der Waals surface area (Å²) < 4.78 is 34.5. The van der Waals surface area contributed by atoms with Crippen LogP contribution in [-0.2, 0) is 13.8 Å². The standard InChI is InChI=1S/C14H19ClO4S/c1-10-8-11(2)14(13(9-10)20(15,16)17)19-7-5-12-4-3-6-18-12/h8-9,12H,3-7H2,1-2H3. The second-order valence-electron chi connectivity index (χ2n) is 5.12. The van der Waals surface area contributed by atoms with E-state index in [-0.39, 0.29) is 11.0 Å². The average Bonchev–Trinajstić information content (AvgIpc) is 2.83. The van der Waals surface area contributed by atoms with E-state index in [4.69, 9.17) is 20.2 Å². The molecule has 0 aliphatic carbocycles. The Balaban J connectivity index is 2.13. The molecule has 4 nitrogen and oxygen atoms in total. The first-order valence-electron chi connectivity index (χ1n) is 6.68. The summed E-state index contributed by atoms with van der Waals surface area (Å²) in [6.45, 7) is 4.87. The van der Waals surface area contributed by atoms with Gasteiger partial charge in [0.15, 0.2) is 0 Å². The maximum atomic E-state index is 11.6. The summed E-state index contributed by atoms with van der Waals surface area (Å²) in [6.07, 6.45) is 3.10. The van der Waals surface area contributed by atoms with E-state index in [0.29, 0.717) is 12.4 Å². The third kappa shape index (κ3) is 3.87. The molecule has 0 bridgehead atoms. The Morgan fingerprint density at radius 1 is 1.40 bits per heavy atom. The number of halogens is 1. The fourth-order valence-corrected chi connectivity index (χ4v) is 3.56. The SMILES string of the molecule is Cc1cc(C)c(OCCC2CCCO2)c(S(=O)(=O)Cl)c1. The van der Waals surface area contributed by atoms with Crippen LogP contribution >= 0.6 is 10.7 Å². The van der Waals surface area contributed by atoms with Crippen molar-refractivity contribution in [1.29, 1.82) is 0 Å². The molecule has 0 aromatic heterocycles. The van der Waals surface area contributed by atoms with Crippen molar-refractivity contribution < 1.29 is 17.9 Å². The van der Waals surface area contributed by atoms with Crippen LogP contribution in [0.3, 0.4) is 0 Å². The normalized spacial score (nSPS) is 19.2. The predicted molar refractivity (Wildman–Crippen MR) is 78.0 cm³/mol. The zero-order valence-corrected chi connectivity index (χ0v) is 13.3. The van der Waals surface area contributed by atoms with Gasteiger partial charge in [-0.1, -0.05) is 6.07 Å². The lowest BCUT2D eigenvalue weighted by atomic mass is 10.1. The number of benzene rings is 1. The van der Waals surface area contributed by atoms with E-state index in [1.807, 2.05) is 19.9 Å². The van der Waals surface area contributed by atoms with Gasteiger partial charge < -0.3 is 9.47 Å². The second kappa shape index (κ2) is 6.33. The molecule has 0 radical (unpaired) electrons. The number of hydrogen-bond donors (Lipinski definition) is 0. The highest BCUT2D eigenvalue weighted by Gasteiger charge is 2.21. The topological polar surface area (TPSA) is 52.6 Å². The van der Waals surface area contributed by atoms with Gasteiger partial charge in [-0.2, -0.15) is 0 Å². The minimum absolute atomic E-state index is 0.0454. The maximum absolute atomic E-state index is 11.6. The fraction of sp³-hybridized carbons (Fsp3) is 0.571. The largest absolute Gasteiger partial charge is 0.492 e. The van der Waals surface area contributed by atoms with Gasteiger partial charge >= 0.3 is 0 Å². The van der Waals surface area contributed by atoms with Crippen molar-refractivity contribution in [3.63, 3.8) is 0 Å². The van der Waals surface area contributed by atoms with E-state index in [9.17, 15) is 8.42 Å². The Kier molecular flexibility index (Phi) is 4.94. The minimum Gasteiger partial charge on any atom is -0.492 e. The highest BCUT2D eigenvalue weighted by atomic mass is 35.7. The van der Waals surface area contributed by atoms with Crippen LogP contribution in [-0.4, -0.2) is 27.7 Å². The first kappa shape index (κ1) is 15.6. The quantitative estimate of drug-likeness (QED) is 0.782. The van der Waals surface area contributed by atoms with E-state index in [2.05, 4.69) is 0 Å². The van der Waals surface area contributed by atoms with Gasteiger partial charge in [0.25, 0.3) is 9.05 Å². The summed E-state index contributed by atoms with van der Waals surface area (Å²) in [5.74, 6) is 0.351. The second-order valence-corrected chi connectivity index (χ2v) is 7.65. The highest BCUT2D eigenvalue weighted by molar-refractivity contribution is 8.13. The predicted octanol–water partition coefficient (Wildman–Crippen LogP) is 3.18. The van der Waals surface area contributed by atoms with Crippen molar-refractivity contribution in [2.24, 2.45) is 0 Å². The van der Waals surface area contributed by atoms with Gasteiger partial charge in [-0.05, 0) is 43.9 Å². The summed E-state index contributed by atoms with van der Waals surface area (Å²) >= 11 is 0. The molecule has 1 aliphatic heterocycles. The molecular formula is C14H19ClO4S. The Hall–Kier alpha value is -0.780. The van der Waals surface area contributed by atoms with Gasteiger partial charge in [0, 0.05) is 23.7 Å². The van der Waals surface area contributed by atoms with E-state index in [1.54, 1.807) is 0 Å².